The molecule has 0 aliphatic rings. The summed E-state index contributed by atoms with van der Waals surface area (Å²) in [4.78, 5) is 11.0. The Bertz CT molecular complexity index is 679. The van der Waals surface area contributed by atoms with Crippen LogP contribution in [0.2, 0.25) is 0 Å². The second kappa shape index (κ2) is 5.88. The number of aldehydes is 1. The maximum absolute atomic E-state index is 12.6. The van der Waals surface area contributed by atoms with Crippen molar-refractivity contribution in [3.8, 4) is 0 Å². The quantitative estimate of drug-likeness (QED) is 0.794. The molecule has 0 N–H and O–H groups in total. The summed E-state index contributed by atoms with van der Waals surface area (Å²) < 4.78 is 26.3. The topological polar surface area (TPSA) is 54.5 Å². The van der Waals surface area contributed by atoms with Gasteiger partial charge >= 0.3 is 0 Å². The van der Waals surface area contributed by atoms with Gasteiger partial charge in [0, 0.05) is 0 Å². The van der Waals surface area contributed by atoms with Gasteiger partial charge in [0.2, 0.25) is 0 Å². The summed E-state index contributed by atoms with van der Waals surface area (Å²) in [6.45, 7) is 1.68. The predicted octanol–water partition coefficient (Wildman–Crippen LogP) is 2.39. The number of anilines is 1. The van der Waals surface area contributed by atoms with Gasteiger partial charge in [-0.15, -0.1) is 0 Å². The van der Waals surface area contributed by atoms with Gasteiger partial charge in [-0.3, -0.25) is 4.31 Å². The third kappa shape index (κ3) is 2.88. The van der Waals surface area contributed by atoms with Crippen LogP contribution in [0.1, 0.15) is 5.56 Å². The van der Waals surface area contributed by atoms with E-state index in [1.165, 1.54) is 0 Å². The zero-order valence-corrected chi connectivity index (χ0v) is 11.9. The van der Waals surface area contributed by atoms with Gasteiger partial charge in [0.15, 0.2) is 0 Å². The first-order valence-electron chi connectivity index (χ1n) is 6.14. The van der Waals surface area contributed by atoms with Crippen molar-refractivity contribution in [1.82, 2.24) is 0 Å². The second-order valence-electron chi connectivity index (χ2n) is 4.35. The van der Waals surface area contributed by atoms with Gasteiger partial charge in [-0.2, -0.15) is 0 Å². The van der Waals surface area contributed by atoms with E-state index in [1.807, 2.05) is 6.92 Å². The number of carbonyl (C=O) groups is 1. The average Bonchev–Trinajstić information content (AvgIpc) is 2.46. The van der Waals surface area contributed by atoms with E-state index in [0.29, 0.717) is 12.0 Å². The van der Waals surface area contributed by atoms with E-state index in [-0.39, 0.29) is 11.4 Å². The number of sulfonamides is 1. The highest BCUT2D eigenvalue weighted by atomic mass is 32.2. The van der Waals surface area contributed by atoms with Crippen molar-refractivity contribution >= 4 is 22.0 Å². The molecule has 0 aromatic heterocycles. The van der Waals surface area contributed by atoms with Gasteiger partial charge in [0.25, 0.3) is 10.0 Å². The first kappa shape index (κ1) is 14.3. The minimum atomic E-state index is -3.73. The molecular formula is C15H15NO3S. The highest BCUT2D eigenvalue weighted by molar-refractivity contribution is 7.92. The van der Waals surface area contributed by atoms with Gasteiger partial charge in [-0.1, -0.05) is 35.9 Å². The van der Waals surface area contributed by atoms with E-state index in [9.17, 15) is 13.2 Å². The highest BCUT2D eigenvalue weighted by Gasteiger charge is 2.24. The van der Waals surface area contributed by atoms with Crippen molar-refractivity contribution in [1.29, 1.82) is 0 Å². The Morgan fingerprint density at radius 2 is 1.60 bits per heavy atom. The lowest BCUT2D eigenvalue weighted by molar-refractivity contribution is -0.106. The minimum absolute atomic E-state index is 0.175. The molecule has 20 heavy (non-hydrogen) atoms. The molecule has 2 rings (SSSR count). The number of aryl methyl sites for hydroxylation is 1. The van der Waals surface area contributed by atoms with Gasteiger partial charge in [-0.05, 0) is 31.2 Å². The summed E-state index contributed by atoms with van der Waals surface area (Å²) in [6.07, 6.45) is 0.582. The number of carbonyl (C=O) groups excluding carboxylic acids is 1. The van der Waals surface area contributed by atoms with E-state index in [4.69, 9.17) is 0 Å². The van der Waals surface area contributed by atoms with Gasteiger partial charge < -0.3 is 4.79 Å². The zero-order valence-electron chi connectivity index (χ0n) is 11.1. The van der Waals surface area contributed by atoms with Crippen LogP contribution >= 0.6 is 0 Å². The lowest BCUT2D eigenvalue weighted by Crippen LogP contribution is -2.32. The molecule has 4 nitrogen and oxygen atoms in total. The first-order chi connectivity index (χ1) is 9.55. The van der Waals surface area contributed by atoms with Gasteiger partial charge in [-0.25, -0.2) is 8.42 Å². The third-order valence-electron chi connectivity index (χ3n) is 2.89. The predicted molar refractivity (Wildman–Crippen MR) is 78.2 cm³/mol. The van der Waals surface area contributed by atoms with Crippen LogP contribution in [-0.4, -0.2) is 21.2 Å². The van der Waals surface area contributed by atoms with E-state index in [2.05, 4.69) is 0 Å². The Morgan fingerprint density at radius 1 is 1.00 bits per heavy atom. The Morgan fingerprint density at radius 3 is 2.15 bits per heavy atom. The fourth-order valence-corrected chi connectivity index (χ4v) is 3.23. The standard InChI is InChI=1S/C15H15NO3S/c1-13-7-9-15(10-8-13)20(18,19)16(11-12-17)14-5-3-2-4-6-14/h2-10,12H,11H2,1H3. The molecule has 0 radical (unpaired) electrons. The highest BCUT2D eigenvalue weighted by Crippen LogP contribution is 2.22. The summed E-state index contributed by atoms with van der Waals surface area (Å²) in [5.41, 5.74) is 1.45. The number of rotatable bonds is 5. The Balaban J connectivity index is 2.48. The van der Waals surface area contributed by atoms with E-state index in [1.54, 1.807) is 54.6 Å². The molecule has 0 aliphatic carbocycles. The van der Waals surface area contributed by atoms with Crippen LogP contribution in [0.25, 0.3) is 0 Å². The zero-order chi connectivity index (χ0) is 14.6. The summed E-state index contributed by atoms with van der Waals surface area (Å²) in [6, 6.07) is 15.1. The van der Waals surface area contributed by atoms with Crippen LogP contribution in [0, 0.1) is 6.92 Å². The SMILES string of the molecule is Cc1ccc(S(=O)(=O)N(CC=O)c2ccccc2)cc1. The summed E-state index contributed by atoms with van der Waals surface area (Å²) in [7, 11) is -3.73. The van der Waals surface area contributed by atoms with Gasteiger partial charge in [0.05, 0.1) is 17.1 Å². The van der Waals surface area contributed by atoms with Crippen LogP contribution in [0.3, 0.4) is 0 Å². The molecule has 2 aromatic rings. The fraction of sp³-hybridized carbons (Fsp3) is 0.133. The summed E-state index contributed by atoms with van der Waals surface area (Å²) in [5.74, 6) is 0. The molecule has 0 unspecified atom stereocenters. The molecule has 0 saturated carbocycles. The molecule has 0 amide bonds. The molecule has 2 aromatic carbocycles. The molecule has 0 spiro atoms. The van der Waals surface area contributed by atoms with Crippen molar-refractivity contribution in [2.45, 2.75) is 11.8 Å². The van der Waals surface area contributed by atoms with Crippen molar-refractivity contribution in [2.24, 2.45) is 0 Å². The van der Waals surface area contributed by atoms with Crippen LogP contribution in [0.15, 0.2) is 59.5 Å². The molecule has 104 valence electrons. The van der Waals surface area contributed by atoms with Crippen molar-refractivity contribution in [3.63, 3.8) is 0 Å². The van der Waals surface area contributed by atoms with Crippen LogP contribution in [0.4, 0.5) is 5.69 Å². The number of benzene rings is 2. The molecular weight excluding hydrogens is 274 g/mol. The maximum Gasteiger partial charge on any atom is 0.264 e. The second-order valence-corrected chi connectivity index (χ2v) is 6.21. The molecule has 0 aliphatic heterocycles. The number of nitrogens with zero attached hydrogens (tertiary/aromatic N) is 1. The summed E-state index contributed by atoms with van der Waals surface area (Å²) in [5, 5.41) is 0. The van der Waals surface area contributed by atoms with Crippen molar-refractivity contribution in [2.75, 3.05) is 10.8 Å². The smallest absolute Gasteiger partial charge is 0.264 e. The van der Waals surface area contributed by atoms with Crippen LogP contribution in [-0.2, 0) is 14.8 Å². The maximum atomic E-state index is 12.6. The lowest BCUT2D eigenvalue weighted by Gasteiger charge is -2.22. The molecule has 0 atom stereocenters. The molecule has 0 saturated heterocycles. The van der Waals surface area contributed by atoms with E-state index in [0.717, 1.165) is 9.87 Å². The Labute approximate surface area is 118 Å². The molecule has 0 bridgehead atoms. The van der Waals surface area contributed by atoms with Crippen LogP contribution < -0.4 is 4.31 Å². The van der Waals surface area contributed by atoms with E-state index < -0.39 is 10.0 Å². The van der Waals surface area contributed by atoms with E-state index >= 15 is 0 Å². The number of hydrogen-bond donors (Lipinski definition) is 0. The summed E-state index contributed by atoms with van der Waals surface area (Å²) >= 11 is 0. The number of para-hydroxylation sites is 1. The molecule has 0 fully saturated rings. The lowest BCUT2D eigenvalue weighted by atomic mass is 10.2. The van der Waals surface area contributed by atoms with Gasteiger partial charge in [0.1, 0.15) is 6.29 Å². The largest absolute Gasteiger partial charge is 0.301 e. The normalized spacial score (nSPS) is 11.1. The monoisotopic (exact) mass is 289 g/mol. The number of hydrogen-bond acceptors (Lipinski definition) is 3. The molecule has 5 heteroatoms. The van der Waals surface area contributed by atoms with Crippen molar-refractivity contribution in [3.05, 3.63) is 60.2 Å². The Kier molecular flexibility index (Phi) is 4.20. The van der Waals surface area contributed by atoms with Crippen LogP contribution in [0.5, 0.6) is 0 Å². The molecule has 0 heterocycles. The fourth-order valence-electron chi connectivity index (χ4n) is 1.84. The third-order valence-corrected chi connectivity index (χ3v) is 4.70. The van der Waals surface area contributed by atoms with Crippen molar-refractivity contribution < 1.29 is 13.2 Å². The first-order valence-corrected chi connectivity index (χ1v) is 7.58. The minimum Gasteiger partial charge on any atom is -0.301 e. The average molecular weight is 289 g/mol. The Hall–Kier alpha value is -2.14.